The molecule has 0 saturated carbocycles. The van der Waals surface area contributed by atoms with Gasteiger partial charge in [-0.25, -0.2) is 4.98 Å². The third kappa shape index (κ3) is 5.96. The van der Waals surface area contributed by atoms with Crippen molar-refractivity contribution in [2.45, 2.75) is 30.2 Å². The summed E-state index contributed by atoms with van der Waals surface area (Å²) in [5.41, 5.74) is 8.51. The first-order valence-electron chi connectivity index (χ1n) is 9.95. The van der Waals surface area contributed by atoms with Crippen molar-refractivity contribution in [2.24, 2.45) is 0 Å². The molecule has 2 aromatic carbocycles. The number of H-pyrrole nitrogens is 1. The molecule has 2 aromatic heterocycles. The number of carbonyl (C=O) groups is 2. The molecule has 0 saturated heterocycles. The van der Waals surface area contributed by atoms with Crippen LogP contribution >= 0.6 is 23.1 Å². The number of hydrogen-bond donors (Lipinski definition) is 3. The van der Waals surface area contributed by atoms with Gasteiger partial charge in [0.1, 0.15) is 0 Å². The lowest BCUT2D eigenvalue weighted by Gasteiger charge is -2.08. The average molecular weight is 451 g/mol. The van der Waals surface area contributed by atoms with Gasteiger partial charge in [-0.05, 0) is 54.1 Å². The minimum Gasteiger partial charge on any atom is -0.333 e. The third-order valence-corrected chi connectivity index (χ3v) is 6.56. The molecule has 0 spiro atoms. The van der Waals surface area contributed by atoms with Gasteiger partial charge in [0.15, 0.2) is 5.16 Å². The van der Waals surface area contributed by atoms with Crippen molar-refractivity contribution in [2.75, 3.05) is 0 Å². The number of thioether (sulfide) groups is 1. The quantitative estimate of drug-likeness (QED) is 0.268. The molecular formula is C23H22N4O2S2. The Morgan fingerprint density at radius 1 is 1.00 bits per heavy atom. The van der Waals surface area contributed by atoms with E-state index in [4.69, 9.17) is 0 Å². The largest absolute Gasteiger partial charge is 0.333 e. The topological polar surface area (TPSA) is 86.9 Å². The van der Waals surface area contributed by atoms with Gasteiger partial charge >= 0.3 is 0 Å². The number of carbonyl (C=O) groups excluding carboxylic acids is 2. The SMILES string of the molecule is O=C(CCCc1cccs1)NNC(=O)c1ccc(CSc2nc3ccccc3[nH]2)cc1. The Balaban J connectivity index is 1.20. The predicted molar refractivity (Wildman–Crippen MR) is 125 cm³/mol. The Morgan fingerprint density at radius 2 is 1.84 bits per heavy atom. The molecule has 0 aliphatic heterocycles. The van der Waals surface area contributed by atoms with Crippen LogP contribution in [0.1, 0.15) is 33.6 Å². The van der Waals surface area contributed by atoms with Crippen LogP contribution in [0.4, 0.5) is 0 Å². The maximum Gasteiger partial charge on any atom is 0.269 e. The van der Waals surface area contributed by atoms with Crippen molar-refractivity contribution in [1.82, 2.24) is 20.8 Å². The molecule has 0 atom stereocenters. The van der Waals surface area contributed by atoms with Crippen LogP contribution in [0.5, 0.6) is 0 Å². The van der Waals surface area contributed by atoms with Crippen molar-refractivity contribution in [3.8, 4) is 0 Å². The van der Waals surface area contributed by atoms with E-state index in [9.17, 15) is 9.59 Å². The van der Waals surface area contributed by atoms with Gasteiger partial charge in [0.25, 0.3) is 5.91 Å². The fraction of sp³-hybridized carbons (Fsp3) is 0.174. The fourth-order valence-electron chi connectivity index (χ4n) is 3.04. The third-order valence-electron chi connectivity index (χ3n) is 4.68. The first-order chi connectivity index (χ1) is 15.2. The minimum absolute atomic E-state index is 0.191. The van der Waals surface area contributed by atoms with E-state index in [1.807, 2.05) is 47.8 Å². The summed E-state index contributed by atoms with van der Waals surface area (Å²) >= 11 is 3.30. The van der Waals surface area contributed by atoms with Gasteiger partial charge in [0.2, 0.25) is 5.91 Å². The highest BCUT2D eigenvalue weighted by Gasteiger charge is 2.09. The molecular weight excluding hydrogens is 428 g/mol. The van der Waals surface area contributed by atoms with E-state index in [0.717, 1.165) is 40.3 Å². The number of benzene rings is 2. The second-order valence-corrected chi connectivity index (χ2v) is 8.98. The summed E-state index contributed by atoms with van der Waals surface area (Å²) < 4.78 is 0. The summed E-state index contributed by atoms with van der Waals surface area (Å²) in [6.45, 7) is 0. The van der Waals surface area contributed by atoms with Crippen molar-refractivity contribution in [1.29, 1.82) is 0 Å². The molecule has 158 valence electrons. The number of aromatic nitrogens is 2. The van der Waals surface area contributed by atoms with Crippen molar-refractivity contribution < 1.29 is 9.59 Å². The summed E-state index contributed by atoms with van der Waals surface area (Å²) in [6, 6.07) is 19.3. The highest BCUT2D eigenvalue weighted by molar-refractivity contribution is 7.98. The molecule has 0 fully saturated rings. The molecule has 2 heterocycles. The standard InChI is InChI=1S/C23H22N4O2S2/c28-21(9-3-5-18-6-4-14-30-18)26-27-22(29)17-12-10-16(11-13-17)15-31-23-24-19-7-1-2-8-20(19)25-23/h1-2,4,6-8,10-14H,3,5,9,15H2,(H,24,25)(H,26,28)(H,27,29). The fourth-order valence-corrected chi connectivity index (χ4v) is 4.63. The second kappa shape index (κ2) is 10.3. The number of rotatable bonds is 8. The Kier molecular flexibility index (Phi) is 7.01. The maximum absolute atomic E-state index is 12.3. The summed E-state index contributed by atoms with van der Waals surface area (Å²) in [6.07, 6.45) is 1.99. The highest BCUT2D eigenvalue weighted by Crippen LogP contribution is 2.23. The van der Waals surface area contributed by atoms with Crippen LogP contribution in [-0.4, -0.2) is 21.8 Å². The summed E-state index contributed by atoms with van der Waals surface area (Å²) in [7, 11) is 0. The molecule has 0 aliphatic carbocycles. The molecule has 6 nitrogen and oxygen atoms in total. The number of amides is 2. The molecule has 4 aromatic rings. The second-order valence-electron chi connectivity index (χ2n) is 6.98. The Labute approximate surface area is 188 Å². The summed E-state index contributed by atoms with van der Waals surface area (Å²) in [5, 5.41) is 2.89. The van der Waals surface area contributed by atoms with Crippen LogP contribution in [0.3, 0.4) is 0 Å². The first kappa shape index (κ1) is 21.1. The first-order valence-corrected chi connectivity index (χ1v) is 11.8. The molecule has 31 heavy (non-hydrogen) atoms. The molecule has 0 aliphatic rings. The minimum atomic E-state index is -0.330. The number of aromatic amines is 1. The average Bonchev–Trinajstić information content (AvgIpc) is 3.46. The van der Waals surface area contributed by atoms with E-state index >= 15 is 0 Å². The number of hydrazine groups is 1. The number of hydrogen-bond acceptors (Lipinski definition) is 5. The zero-order valence-corrected chi connectivity index (χ0v) is 18.4. The monoisotopic (exact) mass is 450 g/mol. The highest BCUT2D eigenvalue weighted by atomic mass is 32.2. The molecule has 0 bridgehead atoms. The van der Waals surface area contributed by atoms with Crippen LogP contribution < -0.4 is 10.9 Å². The number of para-hydroxylation sites is 2. The van der Waals surface area contributed by atoms with E-state index in [-0.39, 0.29) is 11.8 Å². The normalized spacial score (nSPS) is 10.8. The molecule has 8 heteroatoms. The number of thiophene rings is 1. The smallest absolute Gasteiger partial charge is 0.269 e. The van der Waals surface area contributed by atoms with Gasteiger partial charge in [-0.15, -0.1) is 11.3 Å². The van der Waals surface area contributed by atoms with E-state index < -0.39 is 0 Å². The lowest BCUT2D eigenvalue weighted by molar-refractivity contribution is -0.121. The lowest BCUT2D eigenvalue weighted by atomic mass is 10.1. The molecule has 2 amide bonds. The molecule has 0 radical (unpaired) electrons. The van der Waals surface area contributed by atoms with E-state index in [2.05, 4.69) is 26.9 Å². The van der Waals surface area contributed by atoms with Crippen LogP contribution in [0, 0.1) is 0 Å². The van der Waals surface area contributed by atoms with Crippen molar-refractivity contribution in [3.05, 3.63) is 82.0 Å². The summed E-state index contributed by atoms with van der Waals surface area (Å²) in [4.78, 5) is 33.3. The van der Waals surface area contributed by atoms with Crippen LogP contribution in [0.25, 0.3) is 11.0 Å². The lowest BCUT2D eigenvalue weighted by Crippen LogP contribution is -2.41. The van der Waals surface area contributed by atoms with Gasteiger partial charge in [-0.3, -0.25) is 20.4 Å². The van der Waals surface area contributed by atoms with Gasteiger partial charge < -0.3 is 4.98 Å². The molecule has 3 N–H and O–H groups in total. The zero-order chi connectivity index (χ0) is 21.5. The Hall–Kier alpha value is -3.10. The Morgan fingerprint density at radius 3 is 2.61 bits per heavy atom. The van der Waals surface area contributed by atoms with Gasteiger partial charge in [0, 0.05) is 22.6 Å². The number of aryl methyl sites for hydroxylation is 1. The van der Waals surface area contributed by atoms with Gasteiger partial charge in [-0.2, -0.15) is 0 Å². The molecule has 0 unspecified atom stereocenters. The maximum atomic E-state index is 12.3. The number of fused-ring (bicyclic) bond motifs is 1. The van der Waals surface area contributed by atoms with Gasteiger partial charge in [-0.1, -0.05) is 42.1 Å². The van der Waals surface area contributed by atoms with Gasteiger partial charge in [0.05, 0.1) is 11.0 Å². The number of imidazole rings is 1. The van der Waals surface area contributed by atoms with E-state index in [1.165, 1.54) is 4.88 Å². The zero-order valence-electron chi connectivity index (χ0n) is 16.8. The number of nitrogens with zero attached hydrogens (tertiary/aromatic N) is 1. The van der Waals surface area contributed by atoms with E-state index in [0.29, 0.717) is 12.0 Å². The van der Waals surface area contributed by atoms with Crippen LogP contribution in [0.2, 0.25) is 0 Å². The predicted octanol–water partition coefficient (Wildman–Crippen LogP) is 4.70. The van der Waals surface area contributed by atoms with Crippen molar-refractivity contribution in [3.63, 3.8) is 0 Å². The Bertz CT molecular complexity index is 1120. The van der Waals surface area contributed by atoms with Crippen LogP contribution in [0.15, 0.2) is 71.2 Å². The van der Waals surface area contributed by atoms with E-state index in [1.54, 1.807) is 35.2 Å². The number of nitrogens with one attached hydrogen (secondary N) is 3. The molecule has 4 rings (SSSR count). The van der Waals surface area contributed by atoms with Crippen LogP contribution in [-0.2, 0) is 17.0 Å². The summed E-state index contributed by atoms with van der Waals surface area (Å²) in [5.74, 6) is 0.217. The van der Waals surface area contributed by atoms with Crippen molar-refractivity contribution >= 4 is 45.9 Å².